The molecule has 1 aliphatic rings. The second-order valence-electron chi connectivity index (χ2n) is 4.88. The van der Waals surface area contributed by atoms with E-state index in [0.29, 0.717) is 25.7 Å². The van der Waals surface area contributed by atoms with Gasteiger partial charge in [-0.15, -0.1) is 0 Å². The van der Waals surface area contributed by atoms with E-state index >= 15 is 0 Å². The fourth-order valence-corrected chi connectivity index (χ4v) is 3.71. The Balaban J connectivity index is 2.35. The zero-order valence-corrected chi connectivity index (χ0v) is 12.4. The standard InChI is InChI=1S/C12H27N3O2S/c1-3-10-15(11-4-2)18(16,17)14-9-7-12-6-5-8-13-12/h12-14H,3-11H2,1-2H3/t12-/m1/s1. The summed E-state index contributed by atoms with van der Waals surface area (Å²) >= 11 is 0. The fourth-order valence-electron chi connectivity index (χ4n) is 2.31. The summed E-state index contributed by atoms with van der Waals surface area (Å²) in [5.74, 6) is 0. The van der Waals surface area contributed by atoms with Crippen molar-refractivity contribution < 1.29 is 8.42 Å². The highest BCUT2D eigenvalue weighted by Crippen LogP contribution is 2.08. The van der Waals surface area contributed by atoms with E-state index in [1.54, 1.807) is 4.31 Å². The summed E-state index contributed by atoms with van der Waals surface area (Å²) in [6, 6.07) is 0.485. The number of hydrogen-bond acceptors (Lipinski definition) is 3. The zero-order valence-electron chi connectivity index (χ0n) is 11.6. The molecular weight excluding hydrogens is 250 g/mol. The van der Waals surface area contributed by atoms with Crippen LogP contribution in [0.2, 0.25) is 0 Å². The van der Waals surface area contributed by atoms with Gasteiger partial charge in [0, 0.05) is 25.7 Å². The summed E-state index contributed by atoms with van der Waals surface area (Å²) < 4.78 is 28.4. The quantitative estimate of drug-likeness (QED) is 0.663. The van der Waals surface area contributed by atoms with Crippen molar-refractivity contribution in [1.82, 2.24) is 14.3 Å². The maximum atomic E-state index is 12.1. The maximum absolute atomic E-state index is 12.1. The van der Waals surface area contributed by atoms with Gasteiger partial charge in [0.2, 0.25) is 0 Å². The van der Waals surface area contributed by atoms with Crippen LogP contribution in [-0.2, 0) is 10.2 Å². The number of hydrogen-bond donors (Lipinski definition) is 2. The molecule has 18 heavy (non-hydrogen) atoms. The smallest absolute Gasteiger partial charge is 0.279 e. The van der Waals surface area contributed by atoms with Crippen molar-refractivity contribution in [2.24, 2.45) is 0 Å². The van der Waals surface area contributed by atoms with Gasteiger partial charge in [-0.3, -0.25) is 0 Å². The average Bonchev–Trinajstić information content (AvgIpc) is 2.81. The Hall–Kier alpha value is -0.170. The first kappa shape index (κ1) is 15.9. The molecule has 0 radical (unpaired) electrons. The van der Waals surface area contributed by atoms with Gasteiger partial charge in [-0.25, -0.2) is 4.72 Å². The Bertz CT molecular complexity index is 307. The Morgan fingerprint density at radius 1 is 1.28 bits per heavy atom. The molecule has 6 heteroatoms. The van der Waals surface area contributed by atoms with Gasteiger partial charge >= 0.3 is 0 Å². The van der Waals surface area contributed by atoms with Crippen molar-refractivity contribution in [1.29, 1.82) is 0 Å². The highest BCUT2D eigenvalue weighted by atomic mass is 32.2. The van der Waals surface area contributed by atoms with E-state index in [9.17, 15) is 8.42 Å². The van der Waals surface area contributed by atoms with Crippen LogP contribution >= 0.6 is 0 Å². The minimum absolute atomic E-state index is 0.485. The van der Waals surface area contributed by atoms with Crippen molar-refractivity contribution in [2.75, 3.05) is 26.2 Å². The highest BCUT2D eigenvalue weighted by Gasteiger charge is 2.20. The van der Waals surface area contributed by atoms with E-state index in [4.69, 9.17) is 0 Å². The molecular formula is C12H27N3O2S. The molecule has 1 fully saturated rings. The molecule has 1 rings (SSSR count). The van der Waals surface area contributed by atoms with Crippen LogP contribution in [0.15, 0.2) is 0 Å². The van der Waals surface area contributed by atoms with Crippen molar-refractivity contribution in [3.05, 3.63) is 0 Å². The third kappa shape index (κ3) is 5.22. The summed E-state index contributed by atoms with van der Waals surface area (Å²) in [7, 11) is -3.28. The molecule has 2 N–H and O–H groups in total. The minimum atomic E-state index is -3.28. The normalized spacial score (nSPS) is 20.7. The van der Waals surface area contributed by atoms with Crippen LogP contribution in [0, 0.1) is 0 Å². The zero-order chi connectivity index (χ0) is 13.4. The molecule has 0 unspecified atom stereocenters. The van der Waals surface area contributed by atoms with E-state index in [1.807, 2.05) is 13.8 Å². The number of rotatable bonds is 9. The van der Waals surface area contributed by atoms with Gasteiger partial charge in [-0.1, -0.05) is 13.8 Å². The number of nitrogens with zero attached hydrogens (tertiary/aromatic N) is 1. The van der Waals surface area contributed by atoms with Crippen LogP contribution in [0.4, 0.5) is 0 Å². The Morgan fingerprint density at radius 3 is 2.44 bits per heavy atom. The molecule has 1 heterocycles. The predicted octanol–water partition coefficient (Wildman–Crippen LogP) is 1.08. The van der Waals surface area contributed by atoms with Crippen LogP contribution in [0.3, 0.4) is 0 Å². The van der Waals surface area contributed by atoms with Gasteiger partial charge in [-0.2, -0.15) is 12.7 Å². The third-order valence-electron chi connectivity index (χ3n) is 3.23. The van der Waals surface area contributed by atoms with Gasteiger partial charge in [0.05, 0.1) is 0 Å². The SMILES string of the molecule is CCCN(CCC)S(=O)(=O)NCC[C@H]1CCCN1. The van der Waals surface area contributed by atoms with E-state index in [0.717, 1.165) is 32.2 Å². The van der Waals surface area contributed by atoms with Crippen molar-refractivity contribution >= 4 is 10.2 Å². The first-order valence-electron chi connectivity index (χ1n) is 7.08. The summed E-state index contributed by atoms with van der Waals surface area (Å²) in [4.78, 5) is 0. The molecule has 0 aromatic heterocycles. The Labute approximate surface area is 112 Å². The van der Waals surface area contributed by atoms with E-state index in [1.165, 1.54) is 6.42 Å². The van der Waals surface area contributed by atoms with E-state index < -0.39 is 10.2 Å². The summed E-state index contributed by atoms with van der Waals surface area (Å²) in [6.07, 6.45) is 4.95. The fraction of sp³-hybridized carbons (Fsp3) is 1.00. The van der Waals surface area contributed by atoms with Gasteiger partial charge in [0.25, 0.3) is 10.2 Å². The molecule has 5 nitrogen and oxygen atoms in total. The first-order valence-corrected chi connectivity index (χ1v) is 8.52. The third-order valence-corrected chi connectivity index (χ3v) is 4.84. The molecule has 0 aromatic carbocycles. The van der Waals surface area contributed by atoms with Crippen LogP contribution < -0.4 is 10.0 Å². The van der Waals surface area contributed by atoms with E-state index in [-0.39, 0.29) is 0 Å². The molecule has 108 valence electrons. The molecule has 1 aliphatic heterocycles. The molecule has 0 spiro atoms. The summed E-state index contributed by atoms with van der Waals surface area (Å²) in [6.45, 7) is 6.80. The molecule has 0 bridgehead atoms. The topological polar surface area (TPSA) is 61.4 Å². The van der Waals surface area contributed by atoms with E-state index in [2.05, 4.69) is 10.0 Å². The minimum Gasteiger partial charge on any atom is -0.314 e. The largest absolute Gasteiger partial charge is 0.314 e. The lowest BCUT2D eigenvalue weighted by atomic mass is 10.2. The lowest BCUT2D eigenvalue weighted by molar-refractivity contribution is 0.400. The molecule has 1 saturated heterocycles. The number of nitrogens with one attached hydrogen (secondary N) is 2. The maximum Gasteiger partial charge on any atom is 0.279 e. The molecule has 0 saturated carbocycles. The Morgan fingerprint density at radius 2 is 1.94 bits per heavy atom. The van der Waals surface area contributed by atoms with Gasteiger partial charge in [0.1, 0.15) is 0 Å². The lowest BCUT2D eigenvalue weighted by Crippen LogP contribution is -2.42. The first-order chi connectivity index (χ1) is 8.60. The van der Waals surface area contributed by atoms with Crippen molar-refractivity contribution in [3.63, 3.8) is 0 Å². The molecule has 0 amide bonds. The molecule has 0 aliphatic carbocycles. The molecule has 1 atom stereocenters. The Kier molecular flexibility index (Phi) is 7.14. The summed E-state index contributed by atoms with van der Waals surface area (Å²) in [5.41, 5.74) is 0. The molecule has 0 aromatic rings. The van der Waals surface area contributed by atoms with Crippen molar-refractivity contribution in [3.8, 4) is 0 Å². The van der Waals surface area contributed by atoms with Crippen LogP contribution in [0.5, 0.6) is 0 Å². The highest BCUT2D eigenvalue weighted by molar-refractivity contribution is 7.87. The average molecular weight is 277 g/mol. The van der Waals surface area contributed by atoms with Crippen LogP contribution in [0.25, 0.3) is 0 Å². The summed E-state index contributed by atoms with van der Waals surface area (Å²) in [5, 5.41) is 3.37. The second-order valence-corrected chi connectivity index (χ2v) is 6.64. The van der Waals surface area contributed by atoms with Crippen molar-refractivity contribution in [2.45, 2.75) is 52.0 Å². The van der Waals surface area contributed by atoms with Gasteiger partial charge in [-0.05, 0) is 38.6 Å². The van der Waals surface area contributed by atoms with Gasteiger partial charge < -0.3 is 5.32 Å². The van der Waals surface area contributed by atoms with Crippen LogP contribution in [-0.4, -0.2) is 44.9 Å². The van der Waals surface area contributed by atoms with Gasteiger partial charge in [0.15, 0.2) is 0 Å². The van der Waals surface area contributed by atoms with Crippen LogP contribution in [0.1, 0.15) is 46.0 Å². The second kappa shape index (κ2) is 8.09. The predicted molar refractivity (Wildman–Crippen MR) is 74.7 cm³/mol. The monoisotopic (exact) mass is 277 g/mol. The lowest BCUT2D eigenvalue weighted by Gasteiger charge is -2.21.